The maximum absolute atomic E-state index is 11.1. The van der Waals surface area contributed by atoms with Crippen molar-refractivity contribution in [3.63, 3.8) is 0 Å². The summed E-state index contributed by atoms with van der Waals surface area (Å²) in [6.45, 7) is 4.12. The van der Waals surface area contributed by atoms with Crippen LogP contribution < -0.4 is 4.90 Å². The van der Waals surface area contributed by atoms with Crippen LogP contribution in [0.25, 0.3) is 11.3 Å². The Bertz CT molecular complexity index is 687. The molecule has 6 nitrogen and oxygen atoms in total. The lowest BCUT2D eigenvalue weighted by atomic mass is 10.1. The number of carboxylic acids is 1. The zero-order valence-corrected chi connectivity index (χ0v) is 12.9. The third-order valence-electron chi connectivity index (χ3n) is 4.11. The minimum atomic E-state index is -1.00. The van der Waals surface area contributed by atoms with E-state index in [9.17, 15) is 4.79 Å². The highest BCUT2D eigenvalue weighted by Gasteiger charge is 2.16. The molecule has 0 saturated carbocycles. The summed E-state index contributed by atoms with van der Waals surface area (Å²) in [7, 11) is 3.90. The van der Waals surface area contributed by atoms with E-state index in [1.807, 2.05) is 12.1 Å². The highest BCUT2D eigenvalue weighted by atomic mass is 16.4. The Hall–Kier alpha value is -2.34. The predicted molar refractivity (Wildman–Crippen MR) is 85.3 cm³/mol. The molecule has 1 aromatic heterocycles. The van der Waals surface area contributed by atoms with Gasteiger partial charge in [-0.15, -0.1) is 0 Å². The monoisotopic (exact) mass is 300 g/mol. The lowest BCUT2D eigenvalue weighted by Crippen LogP contribution is -2.44. The van der Waals surface area contributed by atoms with Gasteiger partial charge in [0.2, 0.25) is 0 Å². The van der Waals surface area contributed by atoms with Crippen molar-refractivity contribution in [3.8, 4) is 11.3 Å². The number of carboxylic acid groups (broad SMARTS) is 1. The molecule has 1 fully saturated rings. The van der Waals surface area contributed by atoms with Crippen molar-refractivity contribution >= 4 is 11.7 Å². The van der Waals surface area contributed by atoms with Gasteiger partial charge < -0.3 is 14.9 Å². The summed E-state index contributed by atoms with van der Waals surface area (Å²) >= 11 is 0. The molecule has 1 aliphatic heterocycles. The second kappa shape index (κ2) is 5.81. The molecule has 0 unspecified atom stereocenters. The van der Waals surface area contributed by atoms with E-state index < -0.39 is 5.97 Å². The first-order valence-corrected chi connectivity index (χ1v) is 7.36. The Kier molecular flexibility index (Phi) is 3.85. The first-order chi connectivity index (χ1) is 10.5. The Morgan fingerprint density at radius 2 is 1.86 bits per heavy atom. The summed E-state index contributed by atoms with van der Waals surface area (Å²) in [5.41, 5.74) is 3.04. The van der Waals surface area contributed by atoms with Crippen LogP contribution in [0.3, 0.4) is 0 Å². The highest BCUT2D eigenvalue weighted by molar-refractivity contribution is 5.87. The van der Waals surface area contributed by atoms with Gasteiger partial charge in [0, 0.05) is 44.5 Å². The molecule has 1 saturated heterocycles. The van der Waals surface area contributed by atoms with Crippen LogP contribution >= 0.6 is 0 Å². The molecule has 22 heavy (non-hydrogen) atoms. The Labute approximate surface area is 129 Å². The minimum Gasteiger partial charge on any atom is -0.476 e. The molecular formula is C16H20N4O2. The number of aryl methyl sites for hydroxylation is 1. The molecule has 6 heteroatoms. The molecule has 0 atom stereocenters. The maximum Gasteiger partial charge on any atom is 0.356 e. The summed E-state index contributed by atoms with van der Waals surface area (Å²) in [5.74, 6) is -1.00. The van der Waals surface area contributed by atoms with Gasteiger partial charge in [0.1, 0.15) is 0 Å². The van der Waals surface area contributed by atoms with Crippen LogP contribution in [0.1, 0.15) is 10.5 Å². The second-order valence-electron chi connectivity index (χ2n) is 5.68. The van der Waals surface area contributed by atoms with Crippen molar-refractivity contribution < 1.29 is 9.90 Å². The normalized spacial score (nSPS) is 16.0. The van der Waals surface area contributed by atoms with Crippen LogP contribution in [0.5, 0.6) is 0 Å². The van der Waals surface area contributed by atoms with Gasteiger partial charge in [-0.2, -0.15) is 5.10 Å². The third-order valence-corrected chi connectivity index (χ3v) is 4.11. The van der Waals surface area contributed by atoms with Gasteiger partial charge >= 0.3 is 5.97 Å². The van der Waals surface area contributed by atoms with Crippen LogP contribution in [-0.4, -0.2) is 59.0 Å². The number of rotatable bonds is 3. The number of hydrogen-bond donors (Lipinski definition) is 1. The number of aromatic carboxylic acids is 1. The zero-order valence-electron chi connectivity index (χ0n) is 12.9. The quantitative estimate of drug-likeness (QED) is 0.931. The van der Waals surface area contributed by atoms with Gasteiger partial charge in [-0.3, -0.25) is 4.68 Å². The largest absolute Gasteiger partial charge is 0.476 e. The summed E-state index contributed by atoms with van der Waals surface area (Å²) in [4.78, 5) is 15.7. The number of likely N-dealkylation sites (N-methyl/N-ethyl adjacent to an activating group) is 1. The molecule has 2 heterocycles. The third kappa shape index (κ3) is 2.82. The Morgan fingerprint density at radius 1 is 1.14 bits per heavy atom. The van der Waals surface area contributed by atoms with E-state index in [0.717, 1.165) is 37.4 Å². The van der Waals surface area contributed by atoms with Crippen LogP contribution in [0, 0.1) is 0 Å². The summed E-state index contributed by atoms with van der Waals surface area (Å²) in [6, 6.07) is 9.82. The molecule has 3 rings (SSSR count). The molecule has 2 aromatic rings. The number of nitrogens with zero attached hydrogens (tertiary/aromatic N) is 4. The van der Waals surface area contributed by atoms with E-state index >= 15 is 0 Å². The van der Waals surface area contributed by atoms with Crippen molar-refractivity contribution in [2.45, 2.75) is 0 Å². The molecule has 1 aromatic carbocycles. The van der Waals surface area contributed by atoms with E-state index in [2.05, 4.69) is 34.1 Å². The van der Waals surface area contributed by atoms with Crippen LogP contribution in [0.2, 0.25) is 0 Å². The standard InChI is InChI=1S/C16H20N4O2/c1-18-6-8-20(9-7-18)13-5-3-4-12(10-13)15-11-14(16(21)22)17-19(15)2/h3-5,10-11H,6-9H2,1-2H3,(H,21,22). The van der Waals surface area contributed by atoms with Crippen molar-refractivity contribution in [2.75, 3.05) is 38.1 Å². The Morgan fingerprint density at radius 3 is 2.50 bits per heavy atom. The number of aromatic nitrogens is 2. The number of benzene rings is 1. The number of hydrogen-bond acceptors (Lipinski definition) is 4. The van der Waals surface area contributed by atoms with Gasteiger partial charge in [-0.1, -0.05) is 12.1 Å². The lowest BCUT2D eigenvalue weighted by Gasteiger charge is -2.34. The SMILES string of the molecule is CN1CCN(c2cccc(-c3cc(C(=O)O)nn3C)c2)CC1. The number of carbonyl (C=O) groups is 1. The summed E-state index contributed by atoms with van der Waals surface area (Å²) in [5, 5.41) is 13.1. The predicted octanol–water partition coefficient (Wildman–Crippen LogP) is 1.54. The Balaban J connectivity index is 1.89. The van der Waals surface area contributed by atoms with E-state index in [0.29, 0.717) is 0 Å². The van der Waals surface area contributed by atoms with E-state index in [1.165, 1.54) is 5.69 Å². The fourth-order valence-corrected chi connectivity index (χ4v) is 2.77. The molecule has 1 aliphatic rings. The highest BCUT2D eigenvalue weighted by Crippen LogP contribution is 2.25. The van der Waals surface area contributed by atoms with Crippen LogP contribution in [0.4, 0.5) is 5.69 Å². The summed E-state index contributed by atoms with van der Waals surface area (Å²) < 4.78 is 1.62. The average Bonchev–Trinajstić information content (AvgIpc) is 2.90. The fourth-order valence-electron chi connectivity index (χ4n) is 2.77. The molecule has 0 bridgehead atoms. The first kappa shape index (κ1) is 14.6. The second-order valence-corrected chi connectivity index (χ2v) is 5.68. The molecular weight excluding hydrogens is 280 g/mol. The number of anilines is 1. The van der Waals surface area contributed by atoms with Gasteiger partial charge in [0.15, 0.2) is 5.69 Å². The molecule has 0 aliphatic carbocycles. The van der Waals surface area contributed by atoms with Crippen LogP contribution in [-0.2, 0) is 7.05 Å². The maximum atomic E-state index is 11.1. The molecule has 116 valence electrons. The van der Waals surface area contributed by atoms with E-state index in [-0.39, 0.29) is 5.69 Å². The summed E-state index contributed by atoms with van der Waals surface area (Å²) in [6.07, 6.45) is 0. The smallest absolute Gasteiger partial charge is 0.356 e. The van der Waals surface area contributed by atoms with E-state index in [4.69, 9.17) is 5.11 Å². The average molecular weight is 300 g/mol. The van der Waals surface area contributed by atoms with Gasteiger partial charge in [0.25, 0.3) is 0 Å². The van der Waals surface area contributed by atoms with Gasteiger partial charge in [0.05, 0.1) is 5.69 Å². The van der Waals surface area contributed by atoms with Crippen molar-refractivity contribution in [2.24, 2.45) is 7.05 Å². The van der Waals surface area contributed by atoms with Crippen LogP contribution in [0.15, 0.2) is 30.3 Å². The van der Waals surface area contributed by atoms with Crippen molar-refractivity contribution in [1.82, 2.24) is 14.7 Å². The van der Waals surface area contributed by atoms with Gasteiger partial charge in [-0.25, -0.2) is 4.79 Å². The van der Waals surface area contributed by atoms with Crippen molar-refractivity contribution in [3.05, 3.63) is 36.0 Å². The number of piperazine rings is 1. The molecule has 0 amide bonds. The lowest BCUT2D eigenvalue weighted by molar-refractivity contribution is 0.0689. The molecule has 1 N–H and O–H groups in total. The zero-order chi connectivity index (χ0) is 15.7. The first-order valence-electron chi connectivity index (χ1n) is 7.36. The van der Waals surface area contributed by atoms with Gasteiger partial charge in [-0.05, 0) is 25.2 Å². The fraction of sp³-hybridized carbons (Fsp3) is 0.375. The minimum absolute atomic E-state index is 0.0718. The topological polar surface area (TPSA) is 61.6 Å². The van der Waals surface area contributed by atoms with Crippen molar-refractivity contribution in [1.29, 1.82) is 0 Å². The molecule has 0 radical (unpaired) electrons. The molecule has 0 spiro atoms. The van der Waals surface area contributed by atoms with E-state index in [1.54, 1.807) is 17.8 Å².